The first-order valence-electron chi connectivity index (χ1n) is 5.73. The number of nitrogens with one attached hydrogen (secondary N) is 1. The van der Waals surface area contributed by atoms with E-state index in [0.29, 0.717) is 0 Å². The van der Waals surface area contributed by atoms with E-state index in [2.05, 4.69) is 17.6 Å². The molecular weight excluding hydrogens is 210 g/mol. The average molecular weight is 227 g/mol. The van der Waals surface area contributed by atoms with Gasteiger partial charge in [0.05, 0.1) is 5.69 Å². The summed E-state index contributed by atoms with van der Waals surface area (Å²) in [6.07, 6.45) is 0. The van der Waals surface area contributed by atoms with E-state index in [1.807, 2.05) is 62.4 Å². The molecule has 88 valence electrons. The third-order valence-corrected chi connectivity index (χ3v) is 2.67. The Bertz CT molecular complexity index is 451. The molecule has 0 amide bonds. The van der Waals surface area contributed by atoms with Crippen molar-refractivity contribution in [3.8, 4) is 0 Å². The maximum Gasteiger partial charge on any atom is 0.115 e. The van der Waals surface area contributed by atoms with Crippen molar-refractivity contribution in [3.05, 3.63) is 66.2 Å². The number of rotatable bonds is 4. The Balaban J connectivity index is 2.03. The predicted molar refractivity (Wildman–Crippen MR) is 70.6 cm³/mol. The topological polar surface area (TPSA) is 21.3 Å². The summed E-state index contributed by atoms with van der Waals surface area (Å²) in [6.45, 7) is 4.08. The van der Waals surface area contributed by atoms with E-state index in [1.54, 1.807) is 0 Å². The largest absolute Gasteiger partial charge is 0.266 e. The molecule has 2 rings (SSSR count). The van der Waals surface area contributed by atoms with Crippen molar-refractivity contribution in [1.82, 2.24) is 0 Å². The van der Waals surface area contributed by atoms with Gasteiger partial charge in [0.1, 0.15) is 5.60 Å². The molecule has 0 aromatic heterocycles. The number of hydrogen-bond acceptors (Lipinski definition) is 2. The van der Waals surface area contributed by atoms with Gasteiger partial charge in [-0.3, -0.25) is 10.3 Å². The standard InChI is InChI=1S/C15H17NO/c1-15(2,13-9-5-3-6-10-13)17-16-14-11-7-4-8-12-14/h3-12,16H,1-2H3. The molecule has 0 fully saturated rings. The smallest absolute Gasteiger partial charge is 0.115 e. The lowest BCUT2D eigenvalue weighted by Crippen LogP contribution is -2.24. The molecule has 17 heavy (non-hydrogen) atoms. The van der Waals surface area contributed by atoms with Gasteiger partial charge in [0.2, 0.25) is 0 Å². The van der Waals surface area contributed by atoms with Crippen LogP contribution in [-0.4, -0.2) is 0 Å². The lowest BCUT2D eigenvalue weighted by Gasteiger charge is -2.25. The highest BCUT2D eigenvalue weighted by Crippen LogP contribution is 2.24. The molecule has 0 spiro atoms. The Hall–Kier alpha value is -1.80. The first-order chi connectivity index (χ1) is 8.18. The summed E-state index contributed by atoms with van der Waals surface area (Å²) in [5.41, 5.74) is 4.72. The third-order valence-electron chi connectivity index (χ3n) is 2.67. The van der Waals surface area contributed by atoms with Crippen LogP contribution in [0.15, 0.2) is 60.7 Å². The lowest BCUT2D eigenvalue weighted by molar-refractivity contribution is 0.0172. The van der Waals surface area contributed by atoms with E-state index in [1.165, 1.54) is 0 Å². The Morgan fingerprint density at radius 2 is 1.35 bits per heavy atom. The van der Waals surface area contributed by atoms with E-state index in [0.717, 1.165) is 11.3 Å². The Labute approximate surface area is 102 Å². The molecule has 0 aliphatic heterocycles. The molecule has 2 aromatic rings. The van der Waals surface area contributed by atoms with E-state index in [9.17, 15) is 0 Å². The van der Waals surface area contributed by atoms with Crippen LogP contribution in [0.2, 0.25) is 0 Å². The predicted octanol–water partition coefficient (Wildman–Crippen LogP) is 3.97. The zero-order chi connectivity index (χ0) is 12.1. The second-order valence-corrected chi connectivity index (χ2v) is 4.45. The summed E-state index contributed by atoms with van der Waals surface area (Å²) in [5.74, 6) is 0. The summed E-state index contributed by atoms with van der Waals surface area (Å²) in [5, 5.41) is 0. The summed E-state index contributed by atoms with van der Waals surface area (Å²) < 4.78 is 0. The second kappa shape index (κ2) is 5.02. The Morgan fingerprint density at radius 1 is 0.824 bits per heavy atom. The fraction of sp³-hybridized carbons (Fsp3) is 0.200. The van der Waals surface area contributed by atoms with Crippen LogP contribution in [0.4, 0.5) is 5.69 Å². The van der Waals surface area contributed by atoms with Gasteiger partial charge in [-0.1, -0.05) is 48.5 Å². The van der Waals surface area contributed by atoms with Crippen molar-refractivity contribution in [2.24, 2.45) is 0 Å². The minimum atomic E-state index is -0.364. The fourth-order valence-electron chi connectivity index (χ4n) is 1.59. The maximum absolute atomic E-state index is 5.75. The van der Waals surface area contributed by atoms with E-state index < -0.39 is 0 Å². The summed E-state index contributed by atoms with van der Waals surface area (Å²) >= 11 is 0. The van der Waals surface area contributed by atoms with Crippen LogP contribution in [0.3, 0.4) is 0 Å². The number of para-hydroxylation sites is 1. The zero-order valence-corrected chi connectivity index (χ0v) is 10.2. The van der Waals surface area contributed by atoms with Crippen molar-refractivity contribution >= 4 is 5.69 Å². The molecule has 0 aliphatic carbocycles. The lowest BCUT2D eigenvalue weighted by atomic mass is 9.99. The zero-order valence-electron chi connectivity index (χ0n) is 10.2. The highest BCUT2D eigenvalue weighted by Gasteiger charge is 2.21. The SMILES string of the molecule is CC(C)(ONc1ccccc1)c1ccccc1. The summed E-state index contributed by atoms with van der Waals surface area (Å²) in [4.78, 5) is 5.75. The van der Waals surface area contributed by atoms with Gasteiger partial charge in [0, 0.05) is 0 Å². The minimum absolute atomic E-state index is 0.364. The molecule has 0 atom stereocenters. The number of hydrogen-bond donors (Lipinski definition) is 1. The number of benzene rings is 2. The van der Waals surface area contributed by atoms with Crippen molar-refractivity contribution in [3.63, 3.8) is 0 Å². The van der Waals surface area contributed by atoms with Crippen LogP contribution in [0.5, 0.6) is 0 Å². The molecule has 2 heteroatoms. The maximum atomic E-state index is 5.75. The monoisotopic (exact) mass is 227 g/mol. The molecule has 0 saturated heterocycles. The molecule has 0 bridgehead atoms. The van der Waals surface area contributed by atoms with E-state index in [-0.39, 0.29) is 5.60 Å². The molecule has 1 N–H and O–H groups in total. The molecule has 0 unspecified atom stereocenters. The Morgan fingerprint density at radius 3 is 1.94 bits per heavy atom. The van der Waals surface area contributed by atoms with Crippen molar-refractivity contribution in [2.75, 3.05) is 5.48 Å². The summed E-state index contributed by atoms with van der Waals surface area (Å²) in [7, 11) is 0. The molecule has 0 radical (unpaired) electrons. The minimum Gasteiger partial charge on any atom is -0.266 e. The van der Waals surface area contributed by atoms with Crippen molar-refractivity contribution in [1.29, 1.82) is 0 Å². The van der Waals surface area contributed by atoms with Crippen LogP contribution >= 0.6 is 0 Å². The Kier molecular flexibility index (Phi) is 3.45. The second-order valence-electron chi connectivity index (χ2n) is 4.45. The third kappa shape index (κ3) is 3.08. The van der Waals surface area contributed by atoms with Crippen LogP contribution in [0, 0.1) is 0 Å². The fourth-order valence-corrected chi connectivity index (χ4v) is 1.59. The van der Waals surface area contributed by atoms with Gasteiger partial charge in [-0.25, -0.2) is 0 Å². The van der Waals surface area contributed by atoms with Gasteiger partial charge < -0.3 is 0 Å². The highest BCUT2D eigenvalue weighted by molar-refractivity contribution is 5.40. The van der Waals surface area contributed by atoms with Crippen LogP contribution < -0.4 is 5.48 Å². The van der Waals surface area contributed by atoms with Crippen molar-refractivity contribution in [2.45, 2.75) is 19.4 Å². The van der Waals surface area contributed by atoms with E-state index >= 15 is 0 Å². The van der Waals surface area contributed by atoms with Gasteiger partial charge in [-0.05, 0) is 31.5 Å². The number of anilines is 1. The molecule has 0 heterocycles. The molecule has 0 saturated carbocycles. The van der Waals surface area contributed by atoms with Gasteiger partial charge in [0.25, 0.3) is 0 Å². The van der Waals surface area contributed by atoms with Crippen LogP contribution in [0.1, 0.15) is 19.4 Å². The van der Waals surface area contributed by atoms with Crippen LogP contribution in [-0.2, 0) is 10.4 Å². The highest BCUT2D eigenvalue weighted by atomic mass is 16.7. The average Bonchev–Trinajstić information content (AvgIpc) is 2.39. The quantitative estimate of drug-likeness (QED) is 0.798. The van der Waals surface area contributed by atoms with E-state index in [4.69, 9.17) is 4.84 Å². The molecule has 2 aromatic carbocycles. The molecule has 0 aliphatic rings. The molecule has 2 nitrogen and oxygen atoms in total. The van der Waals surface area contributed by atoms with Gasteiger partial charge in [0.15, 0.2) is 0 Å². The van der Waals surface area contributed by atoms with Crippen LogP contribution in [0.25, 0.3) is 0 Å². The first-order valence-corrected chi connectivity index (χ1v) is 5.73. The van der Waals surface area contributed by atoms with Gasteiger partial charge in [-0.15, -0.1) is 0 Å². The summed E-state index contributed by atoms with van der Waals surface area (Å²) in [6, 6.07) is 20.0. The molecular formula is C15H17NO. The van der Waals surface area contributed by atoms with Gasteiger partial charge in [-0.2, -0.15) is 0 Å². The van der Waals surface area contributed by atoms with Crippen molar-refractivity contribution < 1.29 is 4.84 Å². The van der Waals surface area contributed by atoms with Gasteiger partial charge >= 0.3 is 0 Å². The first kappa shape index (κ1) is 11.7. The normalized spacial score (nSPS) is 11.2.